The summed E-state index contributed by atoms with van der Waals surface area (Å²) >= 11 is 0. The maximum atomic E-state index is 12.0. The van der Waals surface area contributed by atoms with E-state index in [1.807, 2.05) is 20.9 Å². The number of carbonyl (C=O) groups is 1. The molecule has 0 bridgehead atoms. The molecule has 2 N–H and O–H groups in total. The highest BCUT2D eigenvalue weighted by atomic mass is 16.2. The van der Waals surface area contributed by atoms with E-state index in [1.165, 1.54) is 0 Å². The molecule has 0 aliphatic carbocycles. The number of carbonyl (C=O) groups excluding carboxylic acids is 1. The number of rotatable bonds is 3. The average molecular weight is 210 g/mol. The van der Waals surface area contributed by atoms with Crippen molar-refractivity contribution >= 4 is 5.91 Å². The molecule has 84 valence electrons. The molecule has 5 nitrogen and oxygen atoms in total. The molecule has 0 aliphatic heterocycles. The fraction of sp³-hybridized carbons (Fsp3) is 0.600. The predicted octanol–water partition coefficient (Wildman–Crippen LogP) is 0.0676. The van der Waals surface area contributed by atoms with Gasteiger partial charge in [0.05, 0.1) is 11.3 Å². The molecule has 0 saturated carbocycles. The summed E-state index contributed by atoms with van der Waals surface area (Å²) in [6, 6.07) is 0. The van der Waals surface area contributed by atoms with Crippen molar-refractivity contribution in [1.29, 1.82) is 0 Å². The second-order valence-electron chi connectivity index (χ2n) is 3.68. The molecule has 1 heterocycles. The van der Waals surface area contributed by atoms with Crippen LogP contribution in [0.25, 0.3) is 0 Å². The number of amides is 1. The molecular weight excluding hydrogens is 192 g/mol. The van der Waals surface area contributed by atoms with Gasteiger partial charge in [0.1, 0.15) is 0 Å². The summed E-state index contributed by atoms with van der Waals surface area (Å²) < 4.78 is 1.72. The zero-order chi connectivity index (χ0) is 11.6. The van der Waals surface area contributed by atoms with Gasteiger partial charge in [-0.3, -0.25) is 9.48 Å². The second kappa shape index (κ2) is 4.44. The fourth-order valence-corrected chi connectivity index (χ4v) is 1.57. The lowest BCUT2D eigenvalue weighted by molar-refractivity contribution is 0.0797. The van der Waals surface area contributed by atoms with E-state index < -0.39 is 0 Å². The highest BCUT2D eigenvalue weighted by Gasteiger charge is 2.19. The van der Waals surface area contributed by atoms with E-state index in [-0.39, 0.29) is 5.91 Å². The molecule has 0 fully saturated rings. The van der Waals surface area contributed by atoms with Gasteiger partial charge in [0.15, 0.2) is 0 Å². The Bertz CT molecular complexity index is 370. The van der Waals surface area contributed by atoms with Gasteiger partial charge in [-0.2, -0.15) is 5.10 Å². The normalized spacial score (nSPS) is 10.5. The fourth-order valence-electron chi connectivity index (χ4n) is 1.57. The van der Waals surface area contributed by atoms with E-state index in [0.29, 0.717) is 18.7 Å². The first-order valence-electron chi connectivity index (χ1n) is 4.94. The lowest BCUT2D eigenvalue weighted by Crippen LogP contribution is -2.32. The van der Waals surface area contributed by atoms with E-state index in [0.717, 1.165) is 11.4 Å². The van der Waals surface area contributed by atoms with Gasteiger partial charge in [-0.25, -0.2) is 0 Å². The van der Waals surface area contributed by atoms with Gasteiger partial charge in [0.2, 0.25) is 0 Å². The maximum absolute atomic E-state index is 12.0. The van der Waals surface area contributed by atoms with Crippen molar-refractivity contribution in [2.24, 2.45) is 12.8 Å². The van der Waals surface area contributed by atoms with Crippen molar-refractivity contribution in [3.8, 4) is 0 Å². The van der Waals surface area contributed by atoms with Crippen molar-refractivity contribution in [2.45, 2.75) is 13.8 Å². The molecule has 1 aromatic rings. The Morgan fingerprint density at radius 2 is 2.13 bits per heavy atom. The van der Waals surface area contributed by atoms with Crippen LogP contribution in [0.4, 0.5) is 0 Å². The van der Waals surface area contributed by atoms with Crippen LogP contribution in [-0.2, 0) is 7.05 Å². The van der Waals surface area contributed by atoms with Gasteiger partial charge in [0, 0.05) is 32.9 Å². The van der Waals surface area contributed by atoms with Gasteiger partial charge >= 0.3 is 0 Å². The van der Waals surface area contributed by atoms with E-state index >= 15 is 0 Å². The molecule has 0 aromatic carbocycles. The van der Waals surface area contributed by atoms with Crippen LogP contribution >= 0.6 is 0 Å². The van der Waals surface area contributed by atoms with E-state index in [1.54, 1.807) is 16.6 Å². The molecule has 0 atom stereocenters. The number of aryl methyl sites for hydroxylation is 2. The Morgan fingerprint density at radius 3 is 2.53 bits per heavy atom. The Balaban J connectivity index is 3.00. The minimum absolute atomic E-state index is 0.0106. The van der Waals surface area contributed by atoms with Gasteiger partial charge in [-0.15, -0.1) is 0 Å². The Kier molecular flexibility index (Phi) is 3.47. The van der Waals surface area contributed by atoms with Crippen LogP contribution in [0.15, 0.2) is 0 Å². The number of aromatic nitrogens is 2. The molecule has 5 heteroatoms. The van der Waals surface area contributed by atoms with E-state index in [9.17, 15) is 4.79 Å². The first-order valence-corrected chi connectivity index (χ1v) is 4.94. The zero-order valence-electron chi connectivity index (χ0n) is 9.74. The van der Waals surface area contributed by atoms with Crippen LogP contribution in [0.5, 0.6) is 0 Å². The van der Waals surface area contributed by atoms with Crippen LogP contribution in [0.3, 0.4) is 0 Å². The maximum Gasteiger partial charge on any atom is 0.257 e. The lowest BCUT2D eigenvalue weighted by atomic mass is 10.1. The quantitative estimate of drug-likeness (QED) is 0.767. The Morgan fingerprint density at radius 1 is 1.53 bits per heavy atom. The minimum atomic E-state index is -0.0106. The third-order valence-corrected chi connectivity index (χ3v) is 2.53. The summed E-state index contributed by atoms with van der Waals surface area (Å²) in [7, 11) is 3.59. The van der Waals surface area contributed by atoms with Crippen molar-refractivity contribution in [2.75, 3.05) is 20.1 Å². The summed E-state index contributed by atoms with van der Waals surface area (Å²) in [5.41, 5.74) is 7.76. The summed E-state index contributed by atoms with van der Waals surface area (Å²) in [4.78, 5) is 13.6. The minimum Gasteiger partial charge on any atom is -0.340 e. The number of hydrogen-bond donors (Lipinski definition) is 1. The van der Waals surface area contributed by atoms with Gasteiger partial charge in [-0.1, -0.05) is 0 Å². The molecule has 0 saturated heterocycles. The molecule has 0 aliphatic rings. The molecular formula is C10H18N4O. The van der Waals surface area contributed by atoms with Gasteiger partial charge in [0.25, 0.3) is 5.91 Å². The number of nitrogens with zero attached hydrogens (tertiary/aromatic N) is 3. The summed E-state index contributed by atoms with van der Waals surface area (Å²) in [5, 5.41) is 4.21. The third-order valence-electron chi connectivity index (χ3n) is 2.53. The topological polar surface area (TPSA) is 64.2 Å². The van der Waals surface area contributed by atoms with Gasteiger partial charge in [-0.05, 0) is 13.8 Å². The van der Waals surface area contributed by atoms with Crippen molar-refractivity contribution in [3.05, 3.63) is 17.0 Å². The highest BCUT2D eigenvalue weighted by Crippen LogP contribution is 2.13. The molecule has 1 aromatic heterocycles. The summed E-state index contributed by atoms with van der Waals surface area (Å²) in [6.45, 7) is 4.77. The van der Waals surface area contributed by atoms with E-state index in [2.05, 4.69) is 5.10 Å². The predicted molar refractivity (Wildman–Crippen MR) is 58.7 cm³/mol. The molecule has 0 unspecified atom stereocenters. The van der Waals surface area contributed by atoms with Crippen LogP contribution in [0.2, 0.25) is 0 Å². The molecule has 1 amide bonds. The SMILES string of the molecule is Cc1nn(C)c(C)c1C(=O)N(C)CCN. The van der Waals surface area contributed by atoms with Crippen LogP contribution in [0.1, 0.15) is 21.7 Å². The number of likely N-dealkylation sites (N-methyl/N-ethyl adjacent to an activating group) is 1. The average Bonchev–Trinajstić information content (AvgIpc) is 2.41. The first kappa shape index (κ1) is 11.7. The van der Waals surface area contributed by atoms with Crippen molar-refractivity contribution in [1.82, 2.24) is 14.7 Å². The molecule has 0 spiro atoms. The highest BCUT2D eigenvalue weighted by molar-refractivity contribution is 5.96. The van der Waals surface area contributed by atoms with Crippen molar-refractivity contribution in [3.63, 3.8) is 0 Å². The Labute approximate surface area is 89.9 Å². The number of nitrogens with two attached hydrogens (primary N) is 1. The van der Waals surface area contributed by atoms with Crippen LogP contribution in [-0.4, -0.2) is 40.7 Å². The molecule has 1 rings (SSSR count). The van der Waals surface area contributed by atoms with Crippen LogP contribution < -0.4 is 5.73 Å². The second-order valence-corrected chi connectivity index (χ2v) is 3.68. The Hall–Kier alpha value is -1.36. The van der Waals surface area contributed by atoms with Crippen LogP contribution in [0, 0.1) is 13.8 Å². The molecule has 15 heavy (non-hydrogen) atoms. The largest absolute Gasteiger partial charge is 0.340 e. The van der Waals surface area contributed by atoms with Gasteiger partial charge < -0.3 is 10.6 Å². The smallest absolute Gasteiger partial charge is 0.257 e. The zero-order valence-corrected chi connectivity index (χ0v) is 9.74. The summed E-state index contributed by atoms with van der Waals surface area (Å²) in [5.74, 6) is -0.0106. The monoisotopic (exact) mass is 210 g/mol. The third kappa shape index (κ3) is 2.18. The first-order chi connectivity index (χ1) is 6.99. The lowest BCUT2D eigenvalue weighted by Gasteiger charge is -2.15. The standard InChI is InChI=1S/C10H18N4O/c1-7-9(8(2)14(4)12-7)10(15)13(3)6-5-11/h5-6,11H2,1-4H3. The summed E-state index contributed by atoms with van der Waals surface area (Å²) in [6.07, 6.45) is 0. The number of hydrogen-bond acceptors (Lipinski definition) is 3. The van der Waals surface area contributed by atoms with E-state index in [4.69, 9.17) is 5.73 Å². The van der Waals surface area contributed by atoms with Crippen molar-refractivity contribution < 1.29 is 4.79 Å². The molecule has 0 radical (unpaired) electrons.